The Hall–Kier alpha value is -5.60. The second-order valence-electron chi connectivity index (χ2n) is 7.91. The first-order valence-electron chi connectivity index (χ1n) is 10.2. The number of halogens is 6. The highest BCUT2D eigenvalue weighted by Crippen LogP contribution is 2.41. The van der Waals surface area contributed by atoms with Crippen LogP contribution in [0.3, 0.4) is 0 Å². The van der Waals surface area contributed by atoms with Crippen molar-refractivity contribution in [1.82, 2.24) is 19.1 Å². The van der Waals surface area contributed by atoms with Crippen LogP contribution in [-0.4, -0.2) is 19.1 Å². The van der Waals surface area contributed by atoms with Crippen LogP contribution in [0, 0.1) is 70.7 Å². The molecule has 184 valence electrons. The molecule has 3 aromatic carbocycles. The van der Waals surface area contributed by atoms with Gasteiger partial charge < -0.3 is 9.13 Å². The molecule has 0 unspecified atom stereocenters. The van der Waals surface area contributed by atoms with E-state index in [0.29, 0.717) is 0 Å². The lowest BCUT2D eigenvalue weighted by molar-refractivity contribution is 0.514. The van der Waals surface area contributed by atoms with Crippen LogP contribution in [0.4, 0.5) is 26.3 Å². The van der Waals surface area contributed by atoms with Crippen molar-refractivity contribution in [2.24, 2.45) is 14.1 Å². The van der Waals surface area contributed by atoms with Crippen LogP contribution in [0.1, 0.15) is 0 Å². The molecule has 0 saturated carbocycles. The Morgan fingerprint density at radius 3 is 1.26 bits per heavy atom. The molecular formula is C24H6F6N8. The first kappa shape index (κ1) is 24.1. The Labute approximate surface area is 206 Å². The smallest absolute Gasteiger partial charge is 0.303 e. The molecule has 5 aromatic rings. The summed E-state index contributed by atoms with van der Waals surface area (Å²) < 4.78 is 94.6. The fraction of sp³-hybridized carbons (Fsp3) is 0.0833. The topological polar surface area (TPSA) is 91.9 Å². The molecule has 0 N–H and O–H groups in total. The molecule has 0 aliphatic rings. The summed E-state index contributed by atoms with van der Waals surface area (Å²) in [5, 5.41) is 13.8. The van der Waals surface area contributed by atoms with E-state index in [1.54, 1.807) is 0 Å². The summed E-state index contributed by atoms with van der Waals surface area (Å²) in [5.74, 6) is -10.7. The minimum absolute atomic E-state index is 0.500. The lowest BCUT2D eigenvalue weighted by Gasteiger charge is -2.13. The van der Waals surface area contributed by atoms with Gasteiger partial charge in [-0.3, -0.25) is 0 Å². The normalized spacial score (nSPS) is 12.9. The number of benzene rings is 3. The Bertz CT molecular complexity index is 2070. The second-order valence-corrected chi connectivity index (χ2v) is 7.91. The average molecular weight is 520 g/mol. The summed E-state index contributed by atoms with van der Waals surface area (Å²) in [4.78, 5) is 13.3. The number of hydrogen-bond acceptors (Lipinski definition) is 4. The highest BCUT2D eigenvalue weighted by molar-refractivity contribution is 6.16. The molecule has 5 rings (SSSR count). The largest absolute Gasteiger partial charge is 0.335 e. The predicted octanol–water partition coefficient (Wildman–Crippen LogP) is 3.70. The number of nitrogens with zero attached hydrogens (tertiary/aromatic N) is 8. The first-order chi connectivity index (χ1) is 18.0. The van der Waals surface area contributed by atoms with Crippen LogP contribution in [0.15, 0.2) is 0 Å². The summed E-state index contributed by atoms with van der Waals surface area (Å²) in [6.45, 7) is 14.2. The van der Waals surface area contributed by atoms with E-state index in [0.717, 1.165) is 23.2 Å². The summed E-state index contributed by atoms with van der Waals surface area (Å²) in [5.41, 5.74) is -5.36. The maximum absolute atomic E-state index is 16.1. The lowest BCUT2D eigenvalue weighted by Crippen LogP contribution is -2.17. The van der Waals surface area contributed by atoms with Crippen LogP contribution in [0.5, 0.6) is 0 Å². The molecule has 0 amide bonds. The van der Waals surface area contributed by atoms with Gasteiger partial charge in [0, 0.05) is 14.1 Å². The predicted molar refractivity (Wildman–Crippen MR) is 120 cm³/mol. The second kappa shape index (κ2) is 7.95. The van der Waals surface area contributed by atoms with Gasteiger partial charge in [0.25, 0.3) is 0 Å². The molecule has 0 atom stereocenters. The van der Waals surface area contributed by atoms with E-state index >= 15 is 26.3 Å². The molecule has 8 nitrogen and oxygen atoms in total. The lowest BCUT2D eigenvalue weighted by atomic mass is 9.98. The number of imidazole rings is 2. The Balaban J connectivity index is 2.23. The third-order valence-corrected chi connectivity index (χ3v) is 6.14. The number of rotatable bonds is 0. The molecule has 14 heteroatoms. The standard InChI is InChI=1S/C24H6F6N8/c1-33-7(5-31)23-35-19-17(29)15(27)9-11(21(19)37(23)3)13(25)10-12(14(9)26)22-20(18(30)16(10)28)36-24(38(22)4)8(6-32)34-2/h3-4H3/b23-7-,24-8+. The minimum atomic E-state index is -1.91. The van der Waals surface area contributed by atoms with E-state index in [4.69, 9.17) is 13.1 Å². The van der Waals surface area contributed by atoms with Gasteiger partial charge in [-0.25, -0.2) is 56.5 Å². The number of nitriles is 2. The van der Waals surface area contributed by atoms with Crippen LogP contribution in [0.25, 0.3) is 64.7 Å². The zero-order chi connectivity index (χ0) is 27.8. The van der Waals surface area contributed by atoms with Crippen molar-refractivity contribution in [3.63, 3.8) is 0 Å². The monoisotopic (exact) mass is 520 g/mol. The number of aromatic nitrogens is 4. The van der Waals surface area contributed by atoms with Gasteiger partial charge in [0.15, 0.2) is 23.3 Å². The molecule has 0 saturated heterocycles. The van der Waals surface area contributed by atoms with Gasteiger partial charge in [0.05, 0.1) is 57.9 Å². The Kier molecular flexibility index (Phi) is 5.05. The maximum atomic E-state index is 16.1. The molecule has 38 heavy (non-hydrogen) atoms. The zero-order valence-electron chi connectivity index (χ0n) is 18.8. The molecule has 0 aliphatic carbocycles. The fourth-order valence-electron chi connectivity index (χ4n) is 4.52. The Morgan fingerprint density at radius 2 is 0.974 bits per heavy atom. The minimum Gasteiger partial charge on any atom is -0.335 e. The SMILES string of the molecule is [C-]#[N+]/C(C#N)=c1/nc2c(F)c(F)c3c(F)c4c(c(F)c(F)c5n/c(=C(/C#N)[N+]#[C-])n(C)c54)c(F)c3c2n1C. The van der Waals surface area contributed by atoms with Gasteiger partial charge in [-0.1, -0.05) is 0 Å². The zero-order valence-corrected chi connectivity index (χ0v) is 18.8. The van der Waals surface area contributed by atoms with E-state index in [1.165, 1.54) is 12.1 Å². The number of fused-ring (bicyclic) bond motifs is 6. The van der Waals surface area contributed by atoms with Gasteiger partial charge in [0.2, 0.25) is 0 Å². The quantitative estimate of drug-likeness (QED) is 0.177. The van der Waals surface area contributed by atoms with Crippen molar-refractivity contribution < 1.29 is 26.3 Å². The molecule has 0 spiro atoms. The molecule has 2 heterocycles. The van der Waals surface area contributed by atoms with Crippen molar-refractivity contribution in [1.29, 1.82) is 10.5 Å². The summed E-state index contributed by atoms with van der Waals surface area (Å²) in [6.07, 6.45) is 0. The molecule has 0 aliphatic heterocycles. The number of aryl methyl sites for hydroxylation is 2. The van der Waals surface area contributed by atoms with Gasteiger partial charge in [-0.15, -0.1) is 0 Å². The van der Waals surface area contributed by atoms with Gasteiger partial charge in [-0.2, -0.15) is 0 Å². The van der Waals surface area contributed by atoms with Gasteiger partial charge >= 0.3 is 11.4 Å². The van der Waals surface area contributed by atoms with Crippen LogP contribution in [0.2, 0.25) is 0 Å². The van der Waals surface area contributed by atoms with Gasteiger partial charge in [-0.05, 0) is 0 Å². The highest BCUT2D eigenvalue weighted by atomic mass is 19.2. The molecule has 0 fully saturated rings. The van der Waals surface area contributed by atoms with Crippen LogP contribution in [-0.2, 0) is 14.1 Å². The van der Waals surface area contributed by atoms with Crippen molar-refractivity contribution >= 4 is 55.0 Å². The highest BCUT2D eigenvalue weighted by Gasteiger charge is 2.32. The first-order valence-corrected chi connectivity index (χ1v) is 10.2. The van der Waals surface area contributed by atoms with E-state index in [1.807, 2.05) is 0 Å². The third-order valence-electron chi connectivity index (χ3n) is 6.14. The summed E-state index contributed by atoms with van der Waals surface area (Å²) in [6, 6.07) is 3.00. The summed E-state index contributed by atoms with van der Waals surface area (Å²) >= 11 is 0. The van der Waals surface area contributed by atoms with E-state index < -0.39 is 101 Å². The van der Waals surface area contributed by atoms with E-state index in [9.17, 15) is 10.5 Å². The molecule has 2 aromatic heterocycles. The van der Waals surface area contributed by atoms with Crippen molar-refractivity contribution in [3.8, 4) is 12.1 Å². The molecular weight excluding hydrogens is 514 g/mol. The average Bonchev–Trinajstić information content (AvgIpc) is 3.41. The van der Waals surface area contributed by atoms with Crippen LogP contribution >= 0.6 is 0 Å². The van der Waals surface area contributed by atoms with Crippen molar-refractivity contribution in [3.05, 3.63) is 68.7 Å². The number of hydrogen-bond donors (Lipinski definition) is 0. The molecule has 0 bridgehead atoms. The maximum Gasteiger partial charge on any atom is 0.303 e. The molecule has 0 radical (unpaired) electrons. The third kappa shape index (κ3) is 2.71. The van der Waals surface area contributed by atoms with Crippen molar-refractivity contribution in [2.75, 3.05) is 0 Å². The van der Waals surface area contributed by atoms with Crippen LogP contribution < -0.4 is 11.0 Å². The van der Waals surface area contributed by atoms with Gasteiger partial charge in [0.1, 0.15) is 33.6 Å². The fourth-order valence-corrected chi connectivity index (χ4v) is 4.52. The van der Waals surface area contributed by atoms with Crippen molar-refractivity contribution in [2.45, 2.75) is 0 Å². The summed E-state index contributed by atoms with van der Waals surface area (Å²) in [7, 11) is 2.23. The van der Waals surface area contributed by atoms with E-state index in [-0.39, 0.29) is 0 Å². The van der Waals surface area contributed by atoms with E-state index in [2.05, 4.69) is 19.7 Å². The Morgan fingerprint density at radius 1 is 0.632 bits per heavy atom.